The van der Waals surface area contributed by atoms with Crippen molar-refractivity contribution >= 4 is 24.1 Å². The monoisotopic (exact) mass is 969 g/mol. The van der Waals surface area contributed by atoms with Crippen molar-refractivity contribution in [2.75, 3.05) is 14.2 Å². The van der Waals surface area contributed by atoms with Gasteiger partial charge >= 0.3 is 11.9 Å². The Bertz CT molecular complexity index is 2070. The number of carboxylic acid groups (broad SMARTS) is 2. The quantitative estimate of drug-likeness (QED) is 0.0397. The first-order valence-electron chi connectivity index (χ1n) is 21.7. The molecule has 0 bridgehead atoms. The van der Waals surface area contributed by atoms with Gasteiger partial charge in [0, 0.05) is 18.9 Å². The van der Waals surface area contributed by atoms with Gasteiger partial charge in [-0.1, -0.05) is 223 Å². The van der Waals surface area contributed by atoms with E-state index in [1.54, 1.807) is 20.9 Å². The first-order valence-corrected chi connectivity index (χ1v) is 21.7. The number of aliphatic hydroxyl groups excluding tert-OH is 2. The van der Waals surface area contributed by atoms with E-state index in [2.05, 4.69) is 0 Å². The average molecular weight is 969 g/mol. The number of aldehydes is 1. The number of benzene rings is 5. The van der Waals surface area contributed by atoms with Crippen LogP contribution >= 0.6 is 0 Å². The first kappa shape index (κ1) is 72.5. The molecule has 0 aliphatic rings. The SMILES string of the molecule is C.C.C.C.C.CC(C=O)Cc1ccccc1.CC(Cc1ccccc1)C(=O)O.CC(Cc1ccccc1)C(O)C#N.CC(Cc1ccccc1)C(O)C(=O)O.CON(C)C(=O)C(C)Cc1ccccc1. The number of carboxylic acids is 2. The topological polar surface area (TPSA) is 185 Å². The van der Waals surface area contributed by atoms with Crippen molar-refractivity contribution in [1.82, 2.24) is 5.06 Å². The maximum absolute atomic E-state index is 11.7. The van der Waals surface area contributed by atoms with E-state index in [1.807, 2.05) is 178 Å². The van der Waals surface area contributed by atoms with E-state index < -0.39 is 24.1 Å². The van der Waals surface area contributed by atoms with Crippen LogP contribution in [0.3, 0.4) is 0 Å². The molecule has 5 aromatic carbocycles. The molecule has 0 radical (unpaired) electrons. The second kappa shape index (κ2) is 42.6. The summed E-state index contributed by atoms with van der Waals surface area (Å²) in [5.41, 5.74) is 5.67. The van der Waals surface area contributed by atoms with Gasteiger partial charge in [-0.15, -0.1) is 0 Å². The summed E-state index contributed by atoms with van der Waals surface area (Å²) >= 11 is 0. The van der Waals surface area contributed by atoms with Crippen molar-refractivity contribution in [2.45, 2.75) is 116 Å². The molecule has 0 fully saturated rings. The Hall–Kier alpha value is -6.45. The molecule has 7 unspecified atom stereocenters. The van der Waals surface area contributed by atoms with Crippen molar-refractivity contribution in [3.05, 3.63) is 179 Å². The fourth-order valence-electron chi connectivity index (χ4n) is 6.11. The van der Waals surface area contributed by atoms with Gasteiger partial charge < -0.3 is 25.2 Å². The van der Waals surface area contributed by atoms with Crippen LogP contribution in [0.15, 0.2) is 152 Å². The lowest BCUT2D eigenvalue weighted by Gasteiger charge is -2.18. The van der Waals surface area contributed by atoms with E-state index in [4.69, 9.17) is 20.3 Å². The van der Waals surface area contributed by atoms with Gasteiger partial charge in [0.05, 0.1) is 19.1 Å². The Morgan fingerprint density at radius 1 is 0.529 bits per heavy atom. The van der Waals surface area contributed by atoms with E-state index in [0.717, 1.165) is 42.2 Å². The third-order valence-corrected chi connectivity index (χ3v) is 10.1. The Balaban J connectivity index is -0.000000248. The zero-order valence-electron chi connectivity index (χ0n) is 38.8. The van der Waals surface area contributed by atoms with Crippen LogP contribution in [-0.2, 0) is 56.1 Å². The van der Waals surface area contributed by atoms with Crippen LogP contribution in [0, 0.1) is 40.9 Å². The van der Waals surface area contributed by atoms with E-state index in [9.17, 15) is 29.4 Å². The van der Waals surface area contributed by atoms with E-state index in [-0.39, 0.29) is 72.6 Å². The molecule has 11 heteroatoms. The molecule has 11 nitrogen and oxygen atoms in total. The highest BCUT2D eigenvalue weighted by atomic mass is 16.7. The highest BCUT2D eigenvalue weighted by Gasteiger charge is 2.21. The van der Waals surface area contributed by atoms with Gasteiger partial charge in [-0.2, -0.15) is 5.26 Å². The van der Waals surface area contributed by atoms with Crippen LogP contribution in [0.2, 0.25) is 0 Å². The van der Waals surface area contributed by atoms with Gasteiger partial charge in [0.1, 0.15) is 12.4 Å². The maximum atomic E-state index is 11.7. The maximum Gasteiger partial charge on any atom is 0.332 e. The van der Waals surface area contributed by atoms with Gasteiger partial charge in [0.15, 0.2) is 6.10 Å². The number of aliphatic carboxylic acids is 2. The van der Waals surface area contributed by atoms with Crippen LogP contribution < -0.4 is 0 Å². The smallest absolute Gasteiger partial charge is 0.332 e. The number of aliphatic hydroxyl groups is 2. The number of rotatable bonds is 17. The normalized spacial score (nSPS) is 12.3. The van der Waals surface area contributed by atoms with Gasteiger partial charge in [-0.25, -0.2) is 9.86 Å². The Morgan fingerprint density at radius 2 is 0.829 bits per heavy atom. The fraction of sp³-hybridized carbons (Fsp3) is 0.407. The minimum absolute atomic E-state index is 0. The van der Waals surface area contributed by atoms with Crippen molar-refractivity contribution in [2.24, 2.45) is 29.6 Å². The molecule has 0 aliphatic carbocycles. The molecule has 0 saturated carbocycles. The molecule has 1 amide bonds. The number of hydrogen-bond donors (Lipinski definition) is 4. The zero-order valence-corrected chi connectivity index (χ0v) is 38.8. The average Bonchev–Trinajstić information content (AvgIpc) is 3.32. The standard InChI is InChI=1S/C12H17NO2.C11H13NO.C11H14O3.C10H12O2.C10H12O.5CH4/c1-10(12(14)13(2)15-3)9-11-7-5-4-6-8-11;1-9(11(13)8-12)7-10-5-3-2-4-6-10;1-8(10(12)11(13)14)7-9-5-3-2-4-6-9;1-8(10(11)12)7-9-5-3-2-4-6-9;1-9(8-11)7-10-5-3-2-4-6-10;;;;;/h4-8,10H,9H2,1-3H3;2-6,9,11,13H,7H2,1H3;2-6,8,10,12H,7H2,1H3,(H,13,14);2-6,8H,7H2,1H3,(H,11,12);2-6,8-9H,7H2,1H3;5*1H4. The summed E-state index contributed by atoms with van der Waals surface area (Å²) in [4.78, 5) is 47.8. The van der Waals surface area contributed by atoms with Gasteiger partial charge in [-0.05, 0) is 71.8 Å². The summed E-state index contributed by atoms with van der Waals surface area (Å²) in [7, 11) is 3.12. The van der Waals surface area contributed by atoms with E-state index in [0.29, 0.717) is 12.8 Å². The Morgan fingerprint density at radius 3 is 1.11 bits per heavy atom. The minimum Gasteiger partial charge on any atom is -0.481 e. The second-order valence-electron chi connectivity index (χ2n) is 16.0. The van der Waals surface area contributed by atoms with E-state index >= 15 is 0 Å². The summed E-state index contributed by atoms with van der Waals surface area (Å²) in [6.07, 6.45) is 2.38. The number of hydrogen-bond acceptors (Lipinski definition) is 8. The summed E-state index contributed by atoms with van der Waals surface area (Å²) in [5.74, 6) is -2.39. The number of nitriles is 1. The molecule has 0 saturated heterocycles. The summed E-state index contributed by atoms with van der Waals surface area (Å²) < 4.78 is 0. The first-order chi connectivity index (χ1) is 31.0. The number of carbonyl (C=O) groups is 4. The largest absolute Gasteiger partial charge is 0.481 e. The second-order valence-corrected chi connectivity index (χ2v) is 16.0. The lowest BCUT2D eigenvalue weighted by atomic mass is 9.96. The summed E-state index contributed by atoms with van der Waals surface area (Å²) in [6.45, 7) is 9.16. The molecule has 0 aliphatic heterocycles. The number of amides is 1. The van der Waals surface area contributed by atoms with Crippen molar-refractivity contribution in [3.8, 4) is 6.07 Å². The van der Waals surface area contributed by atoms with Crippen molar-refractivity contribution in [3.63, 3.8) is 0 Å². The van der Waals surface area contributed by atoms with Crippen LogP contribution in [0.5, 0.6) is 0 Å². The molecule has 0 heterocycles. The third-order valence-electron chi connectivity index (χ3n) is 10.1. The minimum atomic E-state index is -1.28. The number of hydroxylamine groups is 2. The molecule has 0 spiro atoms. The predicted octanol–water partition coefficient (Wildman–Crippen LogP) is 12.1. The highest BCUT2D eigenvalue weighted by molar-refractivity contribution is 5.77. The lowest BCUT2D eigenvalue weighted by molar-refractivity contribution is -0.172. The molecule has 4 N–H and O–H groups in total. The van der Waals surface area contributed by atoms with Gasteiger partial charge in [0.25, 0.3) is 0 Å². The van der Waals surface area contributed by atoms with Crippen LogP contribution in [0.25, 0.3) is 0 Å². The molecular weight excluding hydrogens is 881 g/mol. The van der Waals surface area contributed by atoms with E-state index in [1.165, 1.54) is 23.3 Å². The highest BCUT2D eigenvalue weighted by Crippen LogP contribution is 2.14. The van der Waals surface area contributed by atoms with Crippen LogP contribution in [-0.4, -0.2) is 76.0 Å². The fourth-order valence-corrected chi connectivity index (χ4v) is 6.11. The van der Waals surface area contributed by atoms with Gasteiger partial charge in [0.2, 0.25) is 5.91 Å². The van der Waals surface area contributed by atoms with Gasteiger partial charge in [-0.3, -0.25) is 14.4 Å². The Kier molecular flexibility index (Phi) is 44.2. The third kappa shape index (κ3) is 32.3. The summed E-state index contributed by atoms with van der Waals surface area (Å²) in [5, 5.41) is 45.5. The number of nitrogens with zero attached hydrogens (tertiary/aromatic N) is 2. The number of carbonyl (C=O) groups excluding carboxylic acids is 2. The zero-order chi connectivity index (χ0) is 48.6. The molecule has 5 rings (SSSR count). The molecule has 7 atom stereocenters. The Labute approximate surface area is 422 Å². The lowest BCUT2D eigenvalue weighted by Crippen LogP contribution is -2.31. The molecule has 0 aromatic heterocycles. The predicted molar refractivity (Wildman–Crippen MR) is 289 cm³/mol. The molecule has 388 valence electrons. The van der Waals surface area contributed by atoms with Crippen LogP contribution in [0.1, 0.15) is 99.6 Å². The van der Waals surface area contributed by atoms with Crippen molar-refractivity contribution in [1.29, 1.82) is 5.26 Å². The molecule has 5 aromatic rings. The molecular formula is C59H88N2O9. The van der Waals surface area contributed by atoms with Crippen LogP contribution in [0.4, 0.5) is 0 Å². The van der Waals surface area contributed by atoms with Crippen molar-refractivity contribution < 1.29 is 44.4 Å². The summed E-state index contributed by atoms with van der Waals surface area (Å²) in [6, 6.07) is 50.9. The molecule has 70 heavy (non-hydrogen) atoms.